The first-order valence-electron chi connectivity index (χ1n) is 4.15. The summed E-state index contributed by atoms with van der Waals surface area (Å²) in [6.07, 6.45) is 2.30. The number of aldehydes is 1. The predicted molar refractivity (Wildman–Crippen MR) is 49.9 cm³/mol. The molecule has 0 N–H and O–H groups in total. The molecule has 70 valence electrons. The summed E-state index contributed by atoms with van der Waals surface area (Å²) in [5.41, 5.74) is 1.21. The van der Waals surface area contributed by atoms with Crippen LogP contribution < -0.4 is 0 Å². The van der Waals surface area contributed by atoms with E-state index in [2.05, 4.69) is 9.97 Å². The lowest BCUT2D eigenvalue weighted by Gasteiger charge is -1.90. The molecule has 0 bridgehead atoms. The number of nitrogens with zero attached hydrogens (tertiary/aromatic N) is 2. The van der Waals surface area contributed by atoms with Crippen LogP contribution in [0.4, 0.5) is 0 Å². The molecule has 0 aromatic carbocycles. The van der Waals surface area contributed by atoms with Gasteiger partial charge in [-0.2, -0.15) is 0 Å². The molecule has 4 nitrogen and oxygen atoms in total. The molecule has 2 aromatic rings. The second-order valence-electron chi connectivity index (χ2n) is 2.80. The molecule has 0 aliphatic heterocycles. The van der Waals surface area contributed by atoms with E-state index in [0.717, 1.165) is 0 Å². The molecule has 0 amide bonds. The molecule has 0 unspecified atom stereocenters. The number of hydrogen-bond acceptors (Lipinski definition) is 4. The summed E-state index contributed by atoms with van der Waals surface area (Å²) in [4.78, 5) is 18.7. The Hall–Kier alpha value is -1.97. The Bertz CT molecular complexity index is 448. The average molecular weight is 188 g/mol. The number of hydrogen-bond donors (Lipinski definition) is 0. The van der Waals surface area contributed by atoms with Gasteiger partial charge in [-0.25, -0.2) is 4.98 Å². The normalized spacial score (nSPS) is 10.1. The predicted octanol–water partition coefficient (Wildman–Crippen LogP) is 1.86. The van der Waals surface area contributed by atoms with E-state index in [-0.39, 0.29) is 5.76 Å². The summed E-state index contributed by atoms with van der Waals surface area (Å²) < 4.78 is 5.21. The maximum absolute atomic E-state index is 10.5. The van der Waals surface area contributed by atoms with Gasteiger partial charge in [0.15, 0.2) is 12.0 Å². The zero-order valence-corrected chi connectivity index (χ0v) is 7.60. The van der Waals surface area contributed by atoms with E-state index in [4.69, 9.17) is 4.42 Å². The van der Waals surface area contributed by atoms with Crippen LogP contribution in [0.25, 0.3) is 11.6 Å². The van der Waals surface area contributed by atoms with Crippen molar-refractivity contribution in [1.29, 1.82) is 0 Å². The summed E-state index contributed by atoms with van der Waals surface area (Å²) in [5.74, 6) is 0.635. The van der Waals surface area contributed by atoms with Gasteiger partial charge in [0.1, 0.15) is 5.69 Å². The van der Waals surface area contributed by atoms with E-state index in [9.17, 15) is 4.79 Å². The highest BCUT2D eigenvalue weighted by Gasteiger charge is 2.10. The molecule has 0 fully saturated rings. The van der Waals surface area contributed by atoms with Gasteiger partial charge in [0.05, 0.1) is 5.69 Å². The standard InChI is InChI=1S/C10H8N2O2/c1-7-9(6-13)14-10(12-7)8-4-2-3-5-11-8/h2-6H,1H3. The van der Waals surface area contributed by atoms with Crippen LogP contribution in [-0.4, -0.2) is 16.3 Å². The van der Waals surface area contributed by atoms with Crippen LogP contribution >= 0.6 is 0 Å². The summed E-state index contributed by atoms with van der Waals surface area (Å²) in [6.45, 7) is 1.72. The van der Waals surface area contributed by atoms with Gasteiger partial charge in [-0.05, 0) is 19.1 Å². The fourth-order valence-corrected chi connectivity index (χ4v) is 1.12. The van der Waals surface area contributed by atoms with Gasteiger partial charge < -0.3 is 4.42 Å². The van der Waals surface area contributed by atoms with Gasteiger partial charge in [0.2, 0.25) is 5.89 Å². The molecular weight excluding hydrogens is 180 g/mol. The number of aryl methyl sites for hydroxylation is 1. The molecule has 0 atom stereocenters. The first kappa shape index (κ1) is 8.62. The number of rotatable bonds is 2. The third kappa shape index (κ3) is 1.42. The lowest BCUT2D eigenvalue weighted by atomic mass is 10.3. The number of carbonyl (C=O) groups is 1. The molecule has 0 aliphatic carbocycles. The van der Waals surface area contributed by atoms with E-state index < -0.39 is 0 Å². The molecule has 0 radical (unpaired) electrons. The maximum Gasteiger partial charge on any atom is 0.246 e. The summed E-state index contributed by atoms with van der Waals surface area (Å²) in [6, 6.07) is 5.42. The third-order valence-corrected chi connectivity index (χ3v) is 1.82. The van der Waals surface area contributed by atoms with Crippen molar-refractivity contribution < 1.29 is 9.21 Å². The average Bonchev–Trinajstić information content (AvgIpc) is 2.61. The monoisotopic (exact) mass is 188 g/mol. The molecule has 0 spiro atoms. The largest absolute Gasteiger partial charge is 0.432 e. The minimum atomic E-state index is 0.255. The lowest BCUT2D eigenvalue weighted by Crippen LogP contribution is -1.81. The van der Waals surface area contributed by atoms with Crippen molar-refractivity contribution in [1.82, 2.24) is 9.97 Å². The van der Waals surface area contributed by atoms with Crippen LogP contribution in [0.1, 0.15) is 16.2 Å². The second kappa shape index (κ2) is 3.41. The van der Waals surface area contributed by atoms with Crippen molar-refractivity contribution in [2.75, 3.05) is 0 Å². The molecule has 0 saturated heterocycles. The van der Waals surface area contributed by atoms with Gasteiger partial charge in [0.25, 0.3) is 0 Å². The summed E-state index contributed by atoms with van der Waals surface area (Å²) >= 11 is 0. The van der Waals surface area contributed by atoms with Gasteiger partial charge in [-0.3, -0.25) is 9.78 Å². The van der Waals surface area contributed by atoms with E-state index >= 15 is 0 Å². The smallest absolute Gasteiger partial charge is 0.246 e. The molecule has 2 rings (SSSR count). The van der Waals surface area contributed by atoms with Crippen molar-refractivity contribution in [3.63, 3.8) is 0 Å². The van der Waals surface area contributed by atoms with Crippen LogP contribution in [0.15, 0.2) is 28.8 Å². The van der Waals surface area contributed by atoms with E-state index in [1.165, 1.54) is 0 Å². The lowest BCUT2D eigenvalue weighted by molar-refractivity contribution is 0.110. The molecular formula is C10H8N2O2. The molecule has 0 saturated carbocycles. The van der Waals surface area contributed by atoms with Crippen LogP contribution in [0.5, 0.6) is 0 Å². The summed E-state index contributed by atoms with van der Waals surface area (Å²) in [7, 11) is 0. The van der Waals surface area contributed by atoms with Crippen LogP contribution in [0.2, 0.25) is 0 Å². The molecule has 0 aliphatic rings. The Labute approximate surface area is 80.6 Å². The van der Waals surface area contributed by atoms with Crippen LogP contribution in [0, 0.1) is 6.92 Å². The van der Waals surface area contributed by atoms with Crippen LogP contribution in [0.3, 0.4) is 0 Å². The highest BCUT2D eigenvalue weighted by atomic mass is 16.4. The number of aromatic nitrogens is 2. The maximum atomic E-state index is 10.5. The highest BCUT2D eigenvalue weighted by Crippen LogP contribution is 2.17. The topological polar surface area (TPSA) is 56.0 Å². The number of pyridine rings is 1. The fourth-order valence-electron chi connectivity index (χ4n) is 1.12. The van der Waals surface area contributed by atoms with E-state index in [1.807, 2.05) is 6.07 Å². The molecule has 2 aromatic heterocycles. The minimum absolute atomic E-state index is 0.255. The van der Waals surface area contributed by atoms with Crippen LogP contribution in [-0.2, 0) is 0 Å². The third-order valence-electron chi connectivity index (χ3n) is 1.82. The van der Waals surface area contributed by atoms with Crippen molar-refractivity contribution in [2.24, 2.45) is 0 Å². The SMILES string of the molecule is Cc1nc(-c2ccccn2)oc1C=O. The Morgan fingerprint density at radius 1 is 1.43 bits per heavy atom. The first-order chi connectivity index (χ1) is 6.81. The number of oxazole rings is 1. The van der Waals surface area contributed by atoms with Gasteiger partial charge in [0, 0.05) is 6.20 Å². The van der Waals surface area contributed by atoms with Gasteiger partial charge >= 0.3 is 0 Å². The highest BCUT2D eigenvalue weighted by molar-refractivity contribution is 5.73. The van der Waals surface area contributed by atoms with E-state index in [1.54, 1.807) is 25.3 Å². The summed E-state index contributed by atoms with van der Waals surface area (Å²) in [5, 5.41) is 0. The second-order valence-corrected chi connectivity index (χ2v) is 2.80. The van der Waals surface area contributed by atoms with Crippen molar-refractivity contribution in [3.05, 3.63) is 35.9 Å². The molecule has 14 heavy (non-hydrogen) atoms. The fraction of sp³-hybridized carbons (Fsp3) is 0.100. The van der Waals surface area contributed by atoms with Crippen molar-refractivity contribution in [2.45, 2.75) is 6.92 Å². The van der Waals surface area contributed by atoms with E-state index in [0.29, 0.717) is 23.6 Å². The first-order valence-corrected chi connectivity index (χ1v) is 4.15. The Morgan fingerprint density at radius 2 is 2.29 bits per heavy atom. The Balaban J connectivity index is 2.48. The number of carbonyl (C=O) groups excluding carboxylic acids is 1. The van der Waals surface area contributed by atoms with Gasteiger partial charge in [-0.15, -0.1) is 0 Å². The molecule has 4 heteroatoms. The molecule has 2 heterocycles. The Morgan fingerprint density at radius 3 is 2.86 bits per heavy atom. The minimum Gasteiger partial charge on any atom is -0.432 e. The zero-order valence-electron chi connectivity index (χ0n) is 7.60. The van der Waals surface area contributed by atoms with Gasteiger partial charge in [-0.1, -0.05) is 6.07 Å². The Kier molecular flexibility index (Phi) is 2.10. The van der Waals surface area contributed by atoms with Crippen molar-refractivity contribution >= 4 is 6.29 Å². The van der Waals surface area contributed by atoms with Crippen molar-refractivity contribution in [3.8, 4) is 11.6 Å². The zero-order chi connectivity index (χ0) is 9.97. The quantitative estimate of drug-likeness (QED) is 0.675.